The summed E-state index contributed by atoms with van der Waals surface area (Å²) in [6.07, 6.45) is 4.36. The van der Waals surface area contributed by atoms with Crippen molar-refractivity contribution in [2.45, 2.75) is 25.8 Å². The van der Waals surface area contributed by atoms with Crippen LogP contribution in [0.1, 0.15) is 30.3 Å². The van der Waals surface area contributed by atoms with Gasteiger partial charge in [-0.25, -0.2) is 4.98 Å². The number of rotatable bonds is 2. The van der Waals surface area contributed by atoms with E-state index >= 15 is 0 Å². The average Bonchev–Trinajstić information content (AvgIpc) is 3.00. The van der Waals surface area contributed by atoms with Crippen molar-refractivity contribution in [2.75, 3.05) is 6.54 Å². The van der Waals surface area contributed by atoms with Gasteiger partial charge in [-0.15, -0.1) is 0 Å². The maximum Gasteiger partial charge on any atom is 0.123 e. The van der Waals surface area contributed by atoms with Crippen molar-refractivity contribution in [1.82, 2.24) is 15.3 Å². The molecule has 0 bridgehead atoms. The zero-order valence-corrected chi connectivity index (χ0v) is 10.0. The molecule has 0 aliphatic carbocycles. The Kier molecular flexibility index (Phi) is 2.69. The highest BCUT2D eigenvalue weighted by Crippen LogP contribution is 2.24. The zero-order chi connectivity index (χ0) is 11.7. The fourth-order valence-electron chi connectivity index (χ4n) is 2.39. The smallest absolute Gasteiger partial charge is 0.123 e. The van der Waals surface area contributed by atoms with E-state index in [2.05, 4.69) is 46.5 Å². The number of nitrogens with zero attached hydrogens (tertiary/aromatic N) is 1. The van der Waals surface area contributed by atoms with Crippen LogP contribution >= 0.6 is 0 Å². The fourth-order valence-corrected chi connectivity index (χ4v) is 2.39. The normalized spacial score (nSPS) is 19.7. The second-order valence-electron chi connectivity index (χ2n) is 4.70. The number of aromatic amines is 1. The van der Waals surface area contributed by atoms with E-state index in [0.29, 0.717) is 6.04 Å². The molecule has 3 nitrogen and oxygen atoms in total. The summed E-state index contributed by atoms with van der Waals surface area (Å²) in [6, 6.07) is 8.90. The Morgan fingerprint density at radius 2 is 2.29 bits per heavy atom. The number of H-pyrrole nitrogens is 1. The molecular weight excluding hydrogens is 210 g/mol. The molecule has 2 heterocycles. The molecule has 0 amide bonds. The van der Waals surface area contributed by atoms with E-state index in [1.807, 2.05) is 6.20 Å². The van der Waals surface area contributed by atoms with Gasteiger partial charge in [0.2, 0.25) is 0 Å². The van der Waals surface area contributed by atoms with Crippen LogP contribution in [0.3, 0.4) is 0 Å². The average molecular weight is 227 g/mol. The maximum absolute atomic E-state index is 4.49. The molecule has 2 N–H and O–H groups in total. The fraction of sp³-hybridized carbons (Fsp3) is 0.357. The van der Waals surface area contributed by atoms with Gasteiger partial charge in [0.1, 0.15) is 5.82 Å². The third kappa shape index (κ3) is 2.11. The number of aromatic nitrogens is 2. The van der Waals surface area contributed by atoms with Crippen LogP contribution in [-0.4, -0.2) is 16.5 Å². The SMILES string of the molecule is Cc1cccc(-c2cnc([C@@H]3CCCN3)[nH]2)c1. The molecule has 1 aliphatic rings. The molecule has 1 aromatic heterocycles. The van der Waals surface area contributed by atoms with Gasteiger partial charge in [0, 0.05) is 0 Å². The number of hydrogen-bond acceptors (Lipinski definition) is 2. The Labute approximate surface area is 101 Å². The van der Waals surface area contributed by atoms with Crippen LogP contribution in [0.2, 0.25) is 0 Å². The molecule has 1 atom stereocenters. The lowest BCUT2D eigenvalue weighted by Gasteiger charge is -2.05. The number of nitrogens with one attached hydrogen (secondary N) is 2. The largest absolute Gasteiger partial charge is 0.341 e. The molecule has 0 saturated carbocycles. The van der Waals surface area contributed by atoms with Gasteiger partial charge in [-0.3, -0.25) is 0 Å². The van der Waals surface area contributed by atoms with Crippen LogP contribution < -0.4 is 5.32 Å². The molecule has 88 valence electrons. The van der Waals surface area contributed by atoms with E-state index < -0.39 is 0 Å². The predicted octanol–water partition coefficient (Wildman–Crippen LogP) is 2.81. The van der Waals surface area contributed by atoms with Crippen LogP contribution in [0.4, 0.5) is 0 Å². The molecule has 3 heteroatoms. The van der Waals surface area contributed by atoms with E-state index in [9.17, 15) is 0 Å². The summed E-state index contributed by atoms with van der Waals surface area (Å²) in [5, 5.41) is 3.46. The van der Waals surface area contributed by atoms with Crippen molar-refractivity contribution >= 4 is 0 Å². The standard InChI is InChI=1S/C14H17N3/c1-10-4-2-5-11(8-10)13-9-16-14(17-13)12-6-3-7-15-12/h2,4-5,8-9,12,15H,3,6-7H2,1H3,(H,16,17)/t12-/m0/s1. The topological polar surface area (TPSA) is 40.7 Å². The van der Waals surface area contributed by atoms with Crippen LogP contribution in [0.25, 0.3) is 11.3 Å². The maximum atomic E-state index is 4.49. The van der Waals surface area contributed by atoms with Crippen LogP contribution in [0, 0.1) is 6.92 Å². The molecular formula is C14H17N3. The monoisotopic (exact) mass is 227 g/mol. The van der Waals surface area contributed by atoms with Gasteiger partial charge in [0.05, 0.1) is 17.9 Å². The lowest BCUT2D eigenvalue weighted by molar-refractivity contribution is 0.613. The Morgan fingerprint density at radius 1 is 1.35 bits per heavy atom. The minimum Gasteiger partial charge on any atom is -0.341 e. The lowest BCUT2D eigenvalue weighted by Crippen LogP contribution is -2.14. The van der Waals surface area contributed by atoms with Crippen molar-refractivity contribution < 1.29 is 0 Å². The molecule has 0 unspecified atom stereocenters. The van der Waals surface area contributed by atoms with Gasteiger partial charge in [0.15, 0.2) is 0 Å². The third-order valence-corrected chi connectivity index (χ3v) is 3.31. The molecule has 0 radical (unpaired) electrons. The van der Waals surface area contributed by atoms with Crippen LogP contribution in [-0.2, 0) is 0 Å². The van der Waals surface area contributed by atoms with Gasteiger partial charge in [-0.2, -0.15) is 0 Å². The summed E-state index contributed by atoms with van der Waals surface area (Å²) in [6.45, 7) is 3.21. The second-order valence-corrected chi connectivity index (χ2v) is 4.70. The summed E-state index contributed by atoms with van der Waals surface area (Å²) < 4.78 is 0. The third-order valence-electron chi connectivity index (χ3n) is 3.31. The first-order chi connectivity index (χ1) is 8.33. The zero-order valence-electron chi connectivity index (χ0n) is 10.0. The summed E-state index contributed by atoms with van der Waals surface area (Å²) >= 11 is 0. The van der Waals surface area contributed by atoms with E-state index in [-0.39, 0.29) is 0 Å². The first-order valence-corrected chi connectivity index (χ1v) is 6.18. The molecule has 1 saturated heterocycles. The number of imidazole rings is 1. The van der Waals surface area contributed by atoms with E-state index in [1.54, 1.807) is 0 Å². The number of benzene rings is 1. The highest BCUT2D eigenvalue weighted by atomic mass is 15.0. The van der Waals surface area contributed by atoms with Crippen LogP contribution in [0.5, 0.6) is 0 Å². The first-order valence-electron chi connectivity index (χ1n) is 6.18. The predicted molar refractivity (Wildman–Crippen MR) is 68.7 cm³/mol. The van der Waals surface area contributed by atoms with E-state index in [4.69, 9.17) is 0 Å². The van der Waals surface area contributed by atoms with Crippen LogP contribution in [0.15, 0.2) is 30.5 Å². The van der Waals surface area contributed by atoms with E-state index in [0.717, 1.165) is 18.1 Å². The first kappa shape index (κ1) is 10.5. The van der Waals surface area contributed by atoms with Gasteiger partial charge in [0.25, 0.3) is 0 Å². The summed E-state index contributed by atoms with van der Waals surface area (Å²) in [5.74, 6) is 1.07. The minimum absolute atomic E-state index is 0.411. The molecule has 17 heavy (non-hydrogen) atoms. The van der Waals surface area contributed by atoms with Crippen molar-refractivity contribution in [1.29, 1.82) is 0 Å². The van der Waals surface area contributed by atoms with Crippen molar-refractivity contribution in [3.63, 3.8) is 0 Å². The molecule has 1 aliphatic heterocycles. The van der Waals surface area contributed by atoms with Crippen molar-refractivity contribution in [3.8, 4) is 11.3 Å². The van der Waals surface area contributed by atoms with Gasteiger partial charge in [-0.1, -0.05) is 23.8 Å². The molecule has 2 aromatic rings. The van der Waals surface area contributed by atoms with Gasteiger partial charge >= 0.3 is 0 Å². The summed E-state index contributed by atoms with van der Waals surface area (Å²) in [4.78, 5) is 7.91. The highest BCUT2D eigenvalue weighted by Gasteiger charge is 2.19. The second kappa shape index (κ2) is 4.34. The molecule has 3 rings (SSSR count). The number of aryl methyl sites for hydroxylation is 1. The van der Waals surface area contributed by atoms with Gasteiger partial charge < -0.3 is 10.3 Å². The Hall–Kier alpha value is -1.61. The summed E-state index contributed by atoms with van der Waals surface area (Å²) in [7, 11) is 0. The number of hydrogen-bond donors (Lipinski definition) is 2. The molecule has 0 spiro atoms. The molecule has 1 aromatic carbocycles. The Morgan fingerprint density at radius 3 is 3.06 bits per heavy atom. The summed E-state index contributed by atoms with van der Waals surface area (Å²) in [5.41, 5.74) is 3.59. The minimum atomic E-state index is 0.411. The Balaban J connectivity index is 1.89. The van der Waals surface area contributed by atoms with Gasteiger partial charge in [-0.05, 0) is 37.9 Å². The highest BCUT2D eigenvalue weighted by molar-refractivity contribution is 5.59. The lowest BCUT2D eigenvalue weighted by atomic mass is 10.1. The van der Waals surface area contributed by atoms with Crippen molar-refractivity contribution in [2.24, 2.45) is 0 Å². The van der Waals surface area contributed by atoms with Crippen molar-refractivity contribution in [3.05, 3.63) is 41.9 Å². The quantitative estimate of drug-likeness (QED) is 0.828. The van der Waals surface area contributed by atoms with E-state index in [1.165, 1.54) is 24.0 Å². The Bertz CT molecular complexity index is 510. The molecule has 1 fully saturated rings.